The molecule has 0 unspecified atom stereocenters. The first-order valence-electron chi connectivity index (χ1n) is 5.38. The van der Waals surface area contributed by atoms with Crippen LogP contribution in [0, 0.1) is 6.92 Å². The summed E-state index contributed by atoms with van der Waals surface area (Å²) in [6.45, 7) is 3.40. The molecule has 0 bridgehead atoms. The molecule has 1 aromatic carbocycles. The Kier molecular flexibility index (Phi) is 3.28. The quantitative estimate of drug-likeness (QED) is 0.815. The van der Waals surface area contributed by atoms with Crippen molar-refractivity contribution in [2.75, 3.05) is 13.1 Å². The number of nitrogens with one attached hydrogen (secondary N) is 2. The highest BCUT2D eigenvalue weighted by Gasteiger charge is 2.23. The van der Waals surface area contributed by atoms with Crippen LogP contribution in [0.2, 0.25) is 0 Å². The van der Waals surface area contributed by atoms with Crippen molar-refractivity contribution in [3.05, 3.63) is 29.8 Å². The van der Waals surface area contributed by atoms with E-state index in [0.29, 0.717) is 11.4 Å². The molecule has 5 heteroatoms. The van der Waals surface area contributed by atoms with Gasteiger partial charge in [0, 0.05) is 12.6 Å². The molecule has 0 aromatic heterocycles. The Hall–Kier alpha value is -0.910. The number of hydrogen-bond donors (Lipinski definition) is 2. The van der Waals surface area contributed by atoms with E-state index in [-0.39, 0.29) is 6.04 Å². The van der Waals surface area contributed by atoms with E-state index in [9.17, 15) is 8.42 Å². The minimum Gasteiger partial charge on any atom is -0.315 e. The van der Waals surface area contributed by atoms with Gasteiger partial charge in [-0.25, -0.2) is 13.1 Å². The maximum Gasteiger partial charge on any atom is 0.241 e. The van der Waals surface area contributed by atoms with Crippen LogP contribution in [0.25, 0.3) is 0 Å². The Bertz CT molecular complexity index is 465. The van der Waals surface area contributed by atoms with Gasteiger partial charge in [0.05, 0.1) is 4.90 Å². The van der Waals surface area contributed by atoms with Crippen molar-refractivity contribution in [2.45, 2.75) is 24.3 Å². The predicted octanol–water partition coefficient (Wildman–Crippen LogP) is 0.635. The largest absolute Gasteiger partial charge is 0.315 e. The third-order valence-corrected chi connectivity index (χ3v) is 4.45. The smallest absolute Gasteiger partial charge is 0.241 e. The second kappa shape index (κ2) is 4.53. The Morgan fingerprint density at radius 3 is 2.75 bits per heavy atom. The van der Waals surface area contributed by atoms with Crippen LogP contribution in [0.4, 0.5) is 0 Å². The highest BCUT2D eigenvalue weighted by molar-refractivity contribution is 7.89. The van der Waals surface area contributed by atoms with E-state index in [4.69, 9.17) is 0 Å². The molecule has 1 atom stereocenters. The van der Waals surface area contributed by atoms with Crippen LogP contribution in [0.5, 0.6) is 0 Å². The molecule has 88 valence electrons. The summed E-state index contributed by atoms with van der Waals surface area (Å²) in [5.74, 6) is 0. The lowest BCUT2D eigenvalue weighted by Gasteiger charge is -2.13. The first-order valence-corrected chi connectivity index (χ1v) is 6.86. The van der Waals surface area contributed by atoms with E-state index in [0.717, 1.165) is 18.5 Å². The zero-order chi connectivity index (χ0) is 11.6. The van der Waals surface area contributed by atoms with Crippen LogP contribution in [-0.2, 0) is 10.0 Å². The van der Waals surface area contributed by atoms with Gasteiger partial charge in [-0.1, -0.05) is 18.2 Å². The topological polar surface area (TPSA) is 58.2 Å². The Labute approximate surface area is 96.1 Å². The van der Waals surface area contributed by atoms with Gasteiger partial charge < -0.3 is 5.32 Å². The molecule has 2 rings (SSSR count). The number of benzene rings is 1. The van der Waals surface area contributed by atoms with Crippen molar-refractivity contribution < 1.29 is 8.42 Å². The Balaban J connectivity index is 2.21. The number of hydrogen-bond acceptors (Lipinski definition) is 3. The van der Waals surface area contributed by atoms with E-state index < -0.39 is 10.0 Å². The summed E-state index contributed by atoms with van der Waals surface area (Å²) in [6.07, 6.45) is 0.852. The molecule has 1 saturated heterocycles. The summed E-state index contributed by atoms with van der Waals surface area (Å²) in [7, 11) is -3.36. The van der Waals surface area contributed by atoms with Crippen molar-refractivity contribution in [1.29, 1.82) is 0 Å². The molecule has 1 aromatic rings. The molecule has 16 heavy (non-hydrogen) atoms. The van der Waals surface area contributed by atoms with E-state index in [1.807, 2.05) is 19.1 Å². The zero-order valence-electron chi connectivity index (χ0n) is 9.23. The highest BCUT2D eigenvalue weighted by Crippen LogP contribution is 2.15. The molecule has 1 aliphatic heterocycles. The van der Waals surface area contributed by atoms with Crippen molar-refractivity contribution in [1.82, 2.24) is 10.0 Å². The first-order chi connectivity index (χ1) is 7.59. The molecular weight excluding hydrogens is 224 g/mol. The monoisotopic (exact) mass is 240 g/mol. The third kappa shape index (κ3) is 2.42. The molecule has 0 saturated carbocycles. The van der Waals surface area contributed by atoms with Crippen LogP contribution in [0.3, 0.4) is 0 Å². The third-order valence-electron chi connectivity index (χ3n) is 2.77. The predicted molar refractivity (Wildman–Crippen MR) is 62.8 cm³/mol. The maximum atomic E-state index is 12.1. The number of sulfonamides is 1. The van der Waals surface area contributed by atoms with E-state index >= 15 is 0 Å². The molecular formula is C11H16N2O2S. The molecule has 0 amide bonds. The summed E-state index contributed by atoms with van der Waals surface area (Å²) in [6, 6.07) is 7.05. The van der Waals surface area contributed by atoms with Gasteiger partial charge in [-0.3, -0.25) is 0 Å². The summed E-state index contributed by atoms with van der Waals surface area (Å²) in [4.78, 5) is 0.377. The standard InChI is InChI=1S/C11H16N2O2S/c1-9-4-2-3-5-11(9)16(14,15)13-10-6-7-12-8-10/h2-5,10,12-13H,6-8H2,1H3/t10-/m1/s1. The fourth-order valence-electron chi connectivity index (χ4n) is 1.90. The molecule has 0 radical (unpaired) electrons. The van der Waals surface area contributed by atoms with Gasteiger partial charge in [-0.15, -0.1) is 0 Å². The lowest BCUT2D eigenvalue weighted by atomic mass is 10.2. The number of rotatable bonds is 3. The summed E-state index contributed by atoms with van der Waals surface area (Å²) < 4.78 is 26.9. The Morgan fingerprint density at radius 2 is 2.12 bits per heavy atom. The van der Waals surface area contributed by atoms with Crippen molar-refractivity contribution >= 4 is 10.0 Å². The summed E-state index contributed by atoms with van der Waals surface area (Å²) >= 11 is 0. The lowest BCUT2D eigenvalue weighted by molar-refractivity contribution is 0.559. The lowest BCUT2D eigenvalue weighted by Crippen LogP contribution is -2.36. The maximum absolute atomic E-state index is 12.1. The second-order valence-electron chi connectivity index (χ2n) is 4.08. The molecule has 1 heterocycles. The summed E-state index contributed by atoms with van der Waals surface area (Å²) in [5.41, 5.74) is 0.779. The van der Waals surface area contributed by atoms with E-state index in [1.165, 1.54) is 0 Å². The van der Waals surface area contributed by atoms with E-state index in [1.54, 1.807) is 12.1 Å². The number of aryl methyl sites for hydroxylation is 1. The van der Waals surface area contributed by atoms with Gasteiger partial charge in [0.2, 0.25) is 10.0 Å². The minimum absolute atomic E-state index is 0.0182. The van der Waals surface area contributed by atoms with Gasteiger partial charge in [0.25, 0.3) is 0 Å². The summed E-state index contributed by atoms with van der Waals surface area (Å²) in [5, 5.41) is 3.13. The van der Waals surface area contributed by atoms with Crippen LogP contribution in [-0.4, -0.2) is 27.5 Å². The van der Waals surface area contributed by atoms with Crippen molar-refractivity contribution in [3.8, 4) is 0 Å². The molecule has 1 fully saturated rings. The van der Waals surface area contributed by atoms with Crippen LogP contribution in [0.15, 0.2) is 29.2 Å². The van der Waals surface area contributed by atoms with Gasteiger partial charge in [0.1, 0.15) is 0 Å². The van der Waals surface area contributed by atoms with Gasteiger partial charge in [0.15, 0.2) is 0 Å². The fourth-order valence-corrected chi connectivity index (χ4v) is 3.41. The molecule has 1 aliphatic rings. The van der Waals surface area contributed by atoms with Gasteiger partial charge >= 0.3 is 0 Å². The van der Waals surface area contributed by atoms with Crippen molar-refractivity contribution in [3.63, 3.8) is 0 Å². The average Bonchev–Trinajstić information content (AvgIpc) is 2.70. The SMILES string of the molecule is Cc1ccccc1S(=O)(=O)N[C@@H]1CCNC1. The van der Waals surface area contributed by atoms with Crippen LogP contribution < -0.4 is 10.0 Å². The molecule has 2 N–H and O–H groups in total. The molecule has 0 spiro atoms. The minimum atomic E-state index is -3.36. The van der Waals surface area contributed by atoms with Crippen molar-refractivity contribution in [2.24, 2.45) is 0 Å². The molecule has 4 nitrogen and oxygen atoms in total. The van der Waals surface area contributed by atoms with Crippen LogP contribution >= 0.6 is 0 Å². The van der Waals surface area contributed by atoms with Gasteiger partial charge in [-0.05, 0) is 31.5 Å². The normalized spacial score (nSPS) is 21.2. The van der Waals surface area contributed by atoms with E-state index in [2.05, 4.69) is 10.0 Å². The molecule has 0 aliphatic carbocycles. The van der Waals surface area contributed by atoms with Gasteiger partial charge in [-0.2, -0.15) is 0 Å². The van der Waals surface area contributed by atoms with Crippen LogP contribution in [0.1, 0.15) is 12.0 Å². The Morgan fingerprint density at radius 1 is 1.38 bits per heavy atom. The fraction of sp³-hybridized carbons (Fsp3) is 0.455. The average molecular weight is 240 g/mol. The highest BCUT2D eigenvalue weighted by atomic mass is 32.2. The second-order valence-corrected chi connectivity index (χ2v) is 5.76. The zero-order valence-corrected chi connectivity index (χ0v) is 10.0. The first kappa shape index (κ1) is 11.6.